The van der Waals surface area contributed by atoms with E-state index < -0.39 is 10.2 Å². The molecule has 0 unspecified atom stereocenters. The third-order valence-electron chi connectivity index (χ3n) is 2.74. The van der Waals surface area contributed by atoms with Crippen LogP contribution in [0.2, 0.25) is 0 Å². The number of benzene rings is 1. The standard InChI is InChI=1S/C12H20N2O4S/c1-13(7-8-15)19(16,17)14(2)10-11-5-4-6-12(9-11)18-3/h4-6,9,15H,7-8,10H2,1-3H3. The van der Waals surface area contributed by atoms with Crippen LogP contribution in [0.4, 0.5) is 0 Å². The molecule has 6 nitrogen and oxygen atoms in total. The van der Waals surface area contributed by atoms with Crippen molar-refractivity contribution in [3.8, 4) is 5.75 Å². The van der Waals surface area contributed by atoms with E-state index in [2.05, 4.69) is 0 Å². The van der Waals surface area contributed by atoms with E-state index in [1.54, 1.807) is 19.2 Å². The van der Waals surface area contributed by atoms with Crippen LogP contribution >= 0.6 is 0 Å². The van der Waals surface area contributed by atoms with E-state index in [1.807, 2.05) is 12.1 Å². The van der Waals surface area contributed by atoms with Crippen LogP contribution < -0.4 is 4.74 Å². The van der Waals surface area contributed by atoms with Crippen LogP contribution in [0.1, 0.15) is 5.56 Å². The van der Waals surface area contributed by atoms with Gasteiger partial charge in [0.15, 0.2) is 0 Å². The highest BCUT2D eigenvalue weighted by molar-refractivity contribution is 7.86. The fourth-order valence-corrected chi connectivity index (χ4v) is 2.70. The fourth-order valence-electron chi connectivity index (χ4n) is 1.60. The van der Waals surface area contributed by atoms with E-state index in [1.165, 1.54) is 18.4 Å². The number of hydrogen-bond donors (Lipinski definition) is 1. The first kappa shape index (κ1) is 15.9. The summed E-state index contributed by atoms with van der Waals surface area (Å²) in [7, 11) is 0.952. The lowest BCUT2D eigenvalue weighted by atomic mass is 10.2. The number of ether oxygens (including phenoxy) is 1. The number of nitrogens with zero attached hydrogens (tertiary/aromatic N) is 2. The topological polar surface area (TPSA) is 70.1 Å². The second-order valence-electron chi connectivity index (χ2n) is 4.16. The molecule has 0 heterocycles. The van der Waals surface area contributed by atoms with Gasteiger partial charge in [-0.25, -0.2) is 0 Å². The van der Waals surface area contributed by atoms with Gasteiger partial charge in [-0.05, 0) is 17.7 Å². The predicted molar refractivity (Wildman–Crippen MR) is 73.1 cm³/mol. The first-order valence-corrected chi connectivity index (χ1v) is 7.23. The summed E-state index contributed by atoms with van der Waals surface area (Å²) in [5.41, 5.74) is 0.836. The Bertz CT molecular complexity index is 504. The third kappa shape index (κ3) is 4.17. The molecule has 0 aliphatic rings. The van der Waals surface area contributed by atoms with Crippen LogP contribution in [0.25, 0.3) is 0 Å². The van der Waals surface area contributed by atoms with Gasteiger partial charge in [-0.1, -0.05) is 12.1 Å². The number of rotatable bonds is 7. The van der Waals surface area contributed by atoms with E-state index in [0.29, 0.717) is 5.75 Å². The molecular formula is C12H20N2O4S. The molecule has 7 heteroatoms. The number of likely N-dealkylation sites (N-methyl/N-ethyl adjacent to an activating group) is 1. The smallest absolute Gasteiger partial charge is 0.281 e. The SMILES string of the molecule is COc1cccc(CN(C)S(=O)(=O)N(C)CCO)c1. The molecule has 0 aliphatic heterocycles. The Hall–Kier alpha value is -1.15. The van der Waals surface area contributed by atoms with E-state index in [0.717, 1.165) is 9.87 Å². The quantitative estimate of drug-likeness (QED) is 0.783. The minimum absolute atomic E-state index is 0.0742. The van der Waals surface area contributed by atoms with Crippen LogP contribution in [-0.4, -0.2) is 56.5 Å². The summed E-state index contributed by atoms with van der Waals surface area (Å²) in [5, 5.41) is 8.80. The van der Waals surface area contributed by atoms with Crippen molar-refractivity contribution in [2.24, 2.45) is 0 Å². The molecule has 0 spiro atoms. The van der Waals surface area contributed by atoms with Gasteiger partial charge in [-0.15, -0.1) is 0 Å². The lowest BCUT2D eigenvalue weighted by Gasteiger charge is -2.23. The van der Waals surface area contributed by atoms with Gasteiger partial charge < -0.3 is 9.84 Å². The van der Waals surface area contributed by atoms with Crippen LogP contribution in [-0.2, 0) is 16.8 Å². The Balaban J connectivity index is 2.80. The zero-order chi connectivity index (χ0) is 14.5. The minimum atomic E-state index is -3.55. The number of aliphatic hydroxyl groups is 1. The normalized spacial score (nSPS) is 12.1. The molecule has 1 aromatic rings. The molecule has 0 amide bonds. The average molecular weight is 288 g/mol. The summed E-state index contributed by atoms with van der Waals surface area (Å²) in [5.74, 6) is 0.687. The number of methoxy groups -OCH3 is 1. The summed E-state index contributed by atoms with van der Waals surface area (Å²) in [6, 6.07) is 7.24. The van der Waals surface area contributed by atoms with Crippen LogP contribution in [0, 0.1) is 0 Å². The summed E-state index contributed by atoms with van der Waals surface area (Å²) < 4.78 is 31.6. The Morgan fingerprint density at radius 2 is 1.95 bits per heavy atom. The van der Waals surface area contributed by atoms with Gasteiger partial charge in [0, 0.05) is 27.2 Å². The Kier molecular flexibility index (Phi) is 5.74. The molecule has 1 rings (SSSR count). The van der Waals surface area contributed by atoms with Crippen molar-refractivity contribution in [3.05, 3.63) is 29.8 Å². The highest BCUT2D eigenvalue weighted by Crippen LogP contribution is 2.15. The Morgan fingerprint density at radius 3 is 2.53 bits per heavy atom. The second kappa shape index (κ2) is 6.85. The summed E-state index contributed by atoms with van der Waals surface area (Å²) in [4.78, 5) is 0. The maximum Gasteiger partial charge on any atom is 0.281 e. The zero-order valence-corrected chi connectivity index (χ0v) is 12.2. The fraction of sp³-hybridized carbons (Fsp3) is 0.500. The average Bonchev–Trinajstić information content (AvgIpc) is 2.39. The number of aliphatic hydroxyl groups excluding tert-OH is 1. The van der Waals surface area contributed by atoms with Crippen molar-refractivity contribution in [3.63, 3.8) is 0 Å². The molecule has 0 saturated heterocycles. The molecule has 108 valence electrons. The summed E-state index contributed by atoms with van der Waals surface area (Å²) in [6.07, 6.45) is 0. The van der Waals surface area contributed by atoms with Crippen molar-refractivity contribution < 1.29 is 18.3 Å². The van der Waals surface area contributed by atoms with Crippen LogP contribution in [0.5, 0.6) is 5.75 Å². The first-order chi connectivity index (χ1) is 8.91. The van der Waals surface area contributed by atoms with E-state index in [9.17, 15) is 8.42 Å². The van der Waals surface area contributed by atoms with Crippen molar-refractivity contribution >= 4 is 10.2 Å². The van der Waals surface area contributed by atoms with E-state index in [-0.39, 0.29) is 19.7 Å². The zero-order valence-electron chi connectivity index (χ0n) is 11.4. The van der Waals surface area contributed by atoms with Crippen molar-refractivity contribution in [1.29, 1.82) is 0 Å². The van der Waals surface area contributed by atoms with Crippen molar-refractivity contribution in [2.75, 3.05) is 34.4 Å². The molecule has 0 aromatic heterocycles. The molecule has 0 radical (unpaired) electrons. The Morgan fingerprint density at radius 1 is 1.26 bits per heavy atom. The lowest BCUT2D eigenvalue weighted by Crippen LogP contribution is -2.40. The van der Waals surface area contributed by atoms with E-state index in [4.69, 9.17) is 9.84 Å². The molecular weight excluding hydrogens is 268 g/mol. The molecule has 1 N–H and O–H groups in total. The van der Waals surface area contributed by atoms with Gasteiger partial charge in [0.25, 0.3) is 10.2 Å². The maximum atomic E-state index is 12.1. The van der Waals surface area contributed by atoms with Crippen molar-refractivity contribution in [2.45, 2.75) is 6.54 Å². The third-order valence-corrected chi connectivity index (χ3v) is 4.63. The largest absolute Gasteiger partial charge is 0.497 e. The van der Waals surface area contributed by atoms with Gasteiger partial charge in [-0.3, -0.25) is 0 Å². The molecule has 19 heavy (non-hydrogen) atoms. The van der Waals surface area contributed by atoms with Gasteiger partial charge >= 0.3 is 0 Å². The first-order valence-electron chi connectivity index (χ1n) is 5.83. The highest BCUT2D eigenvalue weighted by Gasteiger charge is 2.23. The predicted octanol–water partition coefficient (Wildman–Crippen LogP) is 0.296. The summed E-state index contributed by atoms with van der Waals surface area (Å²) >= 11 is 0. The van der Waals surface area contributed by atoms with Gasteiger partial charge in [0.05, 0.1) is 13.7 Å². The van der Waals surface area contributed by atoms with E-state index >= 15 is 0 Å². The highest BCUT2D eigenvalue weighted by atomic mass is 32.2. The lowest BCUT2D eigenvalue weighted by molar-refractivity contribution is 0.260. The Labute approximate surface area is 114 Å². The molecule has 1 aromatic carbocycles. The van der Waals surface area contributed by atoms with Crippen LogP contribution in [0.15, 0.2) is 24.3 Å². The second-order valence-corrected chi connectivity index (χ2v) is 6.30. The molecule has 0 aliphatic carbocycles. The number of hydrogen-bond acceptors (Lipinski definition) is 4. The molecule has 0 bridgehead atoms. The summed E-state index contributed by atoms with van der Waals surface area (Å²) in [6.45, 7) is 0.114. The van der Waals surface area contributed by atoms with Gasteiger partial charge in [0.1, 0.15) is 5.75 Å². The van der Waals surface area contributed by atoms with Gasteiger partial charge in [-0.2, -0.15) is 17.0 Å². The monoisotopic (exact) mass is 288 g/mol. The minimum Gasteiger partial charge on any atom is -0.497 e. The molecule has 0 saturated carbocycles. The maximum absolute atomic E-state index is 12.1. The van der Waals surface area contributed by atoms with Crippen molar-refractivity contribution in [1.82, 2.24) is 8.61 Å². The molecule has 0 fully saturated rings. The van der Waals surface area contributed by atoms with Crippen LogP contribution in [0.3, 0.4) is 0 Å². The molecule has 0 atom stereocenters. The van der Waals surface area contributed by atoms with Gasteiger partial charge in [0.2, 0.25) is 0 Å².